The molecule has 206 valence electrons. The summed E-state index contributed by atoms with van der Waals surface area (Å²) in [4.78, 5) is 0. The molecule has 0 rings (SSSR count). The SMILES string of the molecule is CCCCCCCCCCCC[N+](C)(C)CC(O)(O)[N+](C)(C)CCCCCCCCCCCC. The minimum Gasteiger partial charge on any atom is -0.319 e. The van der Waals surface area contributed by atoms with Gasteiger partial charge in [-0.15, -0.1) is 0 Å². The Balaban J connectivity index is 3.99. The number of aliphatic hydroxyl groups is 2. The summed E-state index contributed by atoms with van der Waals surface area (Å²) in [5.41, 5.74) is 0. The van der Waals surface area contributed by atoms with Gasteiger partial charge in [-0.25, -0.2) is 0 Å². The summed E-state index contributed by atoms with van der Waals surface area (Å²) in [6, 6.07) is 0. The van der Waals surface area contributed by atoms with E-state index < -0.39 is 5.91 Å². The van der Waals surface area contributed by atoms with E-state index in [0.29, 0.717) is 11.0 Å². The largest absolute Gasteiger partial charge is 0.365 e. The van der Waals surface area contributed by atoms with Crippen LogP contribution in [0.5, 0.6) is 0 Å². The molecule has 0 atom stereocenters. The number of quaternary nitrogens is 2. The number of hydrogen-bond donors (Lipinski definition) is 2. The Morgan fingerprint density at radius 2 is 0.735 bits per heavy atom. The van der Waals surface area contributed by atoms with Crippen LogP contribution in [0.25, 0.3) is 0 Å². The summed E-state index contributed by atoms with van der Waals surface area (Å²) in [5.74, 6) is -1.68. The van der Waals surface area contributed by atoms with Crippen LogP contribution in [0.1, 0.15) is 142 Å². The van der Waals surface area contributed by atoms with E-state index in [1.807, 2.05) is 14.1 Å². The molecule has 0 aliphatic heterocycles. The highest BCUT2D eigenvalue weighted by Gasteiger charge is 2.47. The summed E-state index contributed by atoms with van der Waals surface area (Å²) >= 11 is 0. The van der Waals surface area contributed by atoms with Gasteiger partial charge in [0.25, 0.3) is 0 Å². The average Bonchev–Trinajstić information content (AvgIpc) is 2.75. The minimum absolute atomic E-state index is 0.268. The van der Waals surface area contributed by atoms with Crippen molar-refractivity contribution < 1.29 is 19.2 Å². The Morgan fingerprint density at radius 1 is 0.441 bits per heavy atom. The molecule has 0 bridgehead atoms. The van der Waals surface area contributed by atoms with E-state index in [9.17, 15) is 10.2 Å². The molecule has 34 heavy (non-hydrogen) atoms. The maximum absolute atomic E-state index is 11.0. The van der Waals surface area contributed by atoms with Crippen LogP contribution in [0.2, 0.25) is 0 Å². The molecular weight excluding hydrogens is 420 g/mol. The second kappa shape index (κ2) is 20.0. The topological polar surface area (TPSA) is 40.5 Å². The average molecular weight is 487 g/mol. The van der Waals surface area contributed by atoms with Gasteiger partial charge < -0.3 is 14.7 Å². The zero-order chi connectivity index (χ0) is 25.8. The van der Waals surface area contributed by atoms with Crippen LogP contribution >= 0.6 is 0 Å². The Hall–Kier alpha value is -0.160. The van der Waals surface area contributed by atoms with Crippen LogP contribution in [-0.4, -0.2) is 72.9 Å². The minimum atomic E-state index is -1.68. The quantitative estimate of drug-likeness (QED) is 0.0791. The van der Waals surface area contributed by atoms with E-state index in [4.69, 9.17) is 0 Å². The highest BCUT2D eigenvalue weighted by molar-refractivity contribution is 4.55. The number of hydrogen-bond acceptors (Lipinski definition) is 2. The van der Waals surface area contributed by atoms with Crippen molar-refractivity contribution in [1.29, 1.82) is 0 Å². The lowest BCUT2D eigenvalue weighted by molar-refractivity contribution is -1.03. The van der Waals surface area contributed by atoms with Crippen LogP contribution in [0, 0.1) is 0 Å². The monoisotopic (exact) mass is 487 g/mol. The van der Waals surface area contributed by atoms with Gasteiger partial charge in [-0.3, -0.25) is 4.48 Å². The second-order valence-corrected chi connectivity index (χ2v) is 12.4. The van der Waals surface area contributed by atoms with Crippen LogP contribution < -0.4 is 0 Å². The molecule has 0 fully saturated rings. The third kappa shape index (κ3) is 18.2. The molecule has 0 aromatic heterocycles. The number of unbranched alkanes of at least 4 members (excludes halogenated alkanes) is 18. The van der Waals surface area contributed by atoms with Crippen molar-refractivity contribution in [3.63, 3.8) is 0 Å². The van der Waals surface area contributed by atoms with E-state index in [-0.39, 0.29) is 4.48 Å². The van der Waals surface area contributed by atoms with Crippen LogP contribution in [-0.2, 0) is 0 Å². The number of likely N-dealkylation sites (N-methyl/N-ethyl adjacent to an activating group) is 2. The molecule has 0 aliphatic carbocycles. The van der Waals surface area contributed by atoms with Gasteiger partial charge in [0.05, 0.1) is 41.3 Å². The van der Waals surface area contributed by atoms with Crippen molar-refractivity contribution in [2.75, 3.05) is 47.8 Å². The molecule has 4 heteroatoms. The summed E-state index contributed by atoms with van der Waals surface area (Å²) in [7, 11) is 8.26. The molecule has 0 aliphatic rings. The molecule has 0 radical (unpaired) electrons. The standard InChI is InChI=1S/C30H66N2O2/c1-7-9-11-13-15-17-19-21-23-25-27-31(3,4)29-30(33,34)32(5,6)28-26-24-22-20-18-16-14-12-10-8-2/h33-34H,7-29H2,1-6H3/q+2. The Labute approximate surface area is 215 Å². The first kappa shape index (κ1) is 33.8. The Bertz CT molecular complexity index is 449. The molecule has 0 heterocycles. The lowest BCUT2D eigenvalue weighted by Gasteiger charge is -2.44. The summed E-state index contributed by atoms with van der Waals surface area (Å²) in [6.07, 6.45) is 26.5. The third-order valence-electron chi connectivity index (χ3n) is 7.80. The molecule has 4 nitrogen and oxygen atoms in total. The zero-order valence-electron chi connectivity index (χ0n) is 24.6. The Kier molecular flexibility index (Phi) is 19.9. The van der Waals surface area contributed by atoms with Gasteiger partial charge in [0.2, 0.25) is 0 Å². The van der Waals surface area contributed by atoms with E-state index in [1.54, 1.807) is 0 Å². The fraction of sp³-hybridized carbons (Fsp3) is 1.00. The first-order valence-electron chi connectivity index (χ1n) is 15.2. The van der Waals surface area contributed by atoms with Crippen LogP contribution in [0.15, 0.2) is 0 Å². The van der Waals surface area contributed by atoms with Gasteiger partial charge in [-0.05, 0) is 25.7 Å². The fourth-order valence-electron chi connectivity index (χ4n) is 5.05. The zero-order valence-corrected chi connectivity index (χ0v) is 24.6. The van der Waals surface area contributed by atoms with Crippen LogP contribution in [0.3, 0.4) is 0 Å². The van der Waals surface area contributed by atoms with Gasteiger partial charge in [-0.2, -0.15) is 0 Å². The number of nitrogens with zero attached hydrogens (tertiary/aromatic N) is 2. The summed E-state index contributed by atoms with van der Waals surface area (Å²) < 4.78 is 0.938. The molecule has 0 unspecified atom stereocenters. The maximum Gasteiger partial charge on any atom is 0.365 e. The highest BCUT2D eigenvalue weighted by Crippen LogP contribution is 2.22. The maximum atomic E-state index is 11.0. The highest BCUT2D eigenvalue weighted by atomic mass is 16.5. The molecular formula is C30H66N2O2+2. The van der Waals surface area contributed by atoms with Gasteiger partial charge in [0.1, 0.15) is 0 Å². The van der Waals surface area contributed by atoms with E-state index in [2.05, 4.69) is 27.9 Å². The smallest absolute Gasteiger partial charge is 0.319 e. The lowest BCUT2D eigenvalue weighted by atomic mass is 10.1. The van der Waals surface area contributed by atoms with Crippen molar-refractivity contribution >= 4 is 0 Å². The van der Waals surface area contributed by atoms with Crippen molar-refractivity contribution in [3.05, 3.63) is 0 Å². The van der Waals surface area contributed by atoms with Crippen molar-refractivity contribution in [2.45, 2.75) is 148 Å². The molecule has 0 saturated heterocycles. The predicted molar refractivity (Wildman–Crippen MR) is 150 cm³/mol. The van der Waals surface area contributed by atoms with E-state index in [1.165, 1.54) is 122 Å². The summed E-state index contributed by atoms with van der Waals surface area (Å²) in [5, 5.41) is 22.0. The third-order valence-corrected chi connectivity index (χ3v) is 7.80. The lowest BCUT2D eigenvalue weighted by Crippen LogP contribution is -2.67. The van der Waals surface area contributed by atoms with E-state index >= 15 is 0 Å². The van der Waals surface area contributed by atoms with Gasteiger partial charge in [-0.1, -0.05) is 117 Å². The molecule has 0 amide bonds. The van der Waals surface area contributed by atoms with Crippen molar-refractivity contribution in [2.24, 2.45) is 0 Å². The first-order valence-corrected chi connectivity index (χ1v) is 15.2. The number of rotatable bonds is 25. The molecule has 2 N–H and O–H groups in total. The normalized spacial score (nSPS) is 13.1. The second-order valence-electron chi connectivity index (χ2n) is 12.4. The van der Waals surface area contributed by atoms with Gasteiger partial charge in [0.15, 0.2) is 6.54 Å². The molecule has 0 aromatic rings. The molecule has 0 aromatic carbocycles. The van der Waals surface area contributed by atoms with Crippen molar-refractivity contribution in [3.8, 4) is 0 Å². The predicted octanol–water partition coefficient (Wildman–Crippen LogP) is 7.62. The van der Waals surface area contributed by atoms with Crippen LogP contribution in [0.4, 0.5) is 0 Å². The summed E-state index contributed by atoms with van der Waals surface area (Å²) in [6.45, 7) is 6.76. The first-order chi connectivity index (χ1) is 16.1. The Morgan fingerprint density at radius 3 is 1.09 bits per heavy atom. The van der Waals surface area contributed by atoms with Gasteiger partial charge in [0, 0.05) is 0 Å². The fourth-order valence-corrected chi connectivity index (χ4v) is 5.05. The van der Waals surface area contributed by atoms with Crippen molar-refractivity contribution in [1.82, 2.24) is 0 Å². The van der Waals surface area contributed by atoms with Gasteiger partial charge >= 0.3 is 5.91 Å². The molecule has 0 spiro atoms. The molecule has 0 saturated carbocycles. The van der Waals surface area contributed by atoms with E-state index in [0.717, 1.165) is 19.5 Å².